The Bertz CT molecular complexity index is 597. The molecule has 6 nitrogen and oxygen atoms in total. The van der Waals surface area contributed by atoms with E-state index < -0.39 is 0 Å². The molecule has 0 aliphatic rings. The predicted octanol–water partition coefficient (Wildman–Crippen LogP) is 2.39. The van der Waals surface area contributed by atoms with Crippen molar-refractivity contribution in [1.29, 1.82) is 0 Å². The topological polar surface area (TPSA) is 79.9 Å². The normalized spacial score (nSPS) is 10.3. The van der Waals surface area contributed by atoms with Gasteiger partial charge in [0, 0.05) is 17.0 Å². The molecule has 0 aliphatic carbocycles. The number of ether oxygens (including phenoxy) is 1. The summed E-state index contributed by atoms with van der Waals surface area (Å²) in [6.07, 6.45) is 0.698. The zero-order chi connectivity index (χ0) is 13.8. The lowest BCUT2D eigenvalue weighted by Gasteiger charge is -2.07. The van der Waals surface area contributed by atoms with Gasteiger partial charge < -0.3 is 10.1 Å². The Balaban J connectivity index is 2.18. The van der Waals surface area contributed by atoms with E-state index in [0.29, 0.717) is 23.7 Å². The smallest absolute Gasteiger partial charge is 0.295 e. The van der Waals surface area contributed by atoms with Crippen LogP contribution in [0.5, 0.6) is 5.75 Å². The van der Waals surface area contributed by atoms with Crippen LogP contribution in [0.15, 0.2) is 22.7 Å². The summed E-state index contributed by atoms with van der Waals surface area (Å²) in [5.41, 5.74) is 0.604. The van der Waals surface area contributed by atoms with Gasteiger partial charge in [-0.05, 0) is 28.1 Å². The number of methoxy groups -OCH3 is 1. The van der Waals surface area contributed by atoms with Crippen molar-refractivity contribution in [3.8, 4) is 5.75 Å². The molecule has 0 fully saturated rings. The number of hydrogen-bond acceptors (Lipinski definition) is 4. The van der Waals surface area contributed by atoms with Crippen LogP contribution in [-0.2, 0) is 6.42 Å². The van der Waals surface area contributed by atoms with Gasteiger partial charge in [0.2, 0.25) is 5.82 Å². The van der Waals surface area contributed by atoms with E-state index in [0.717, 1.165) is 4.47 Å². The van der Waals surface area contributed by atoms with Crippen LogP contribution in [0.25, 0.3) is 0 Å². The van der Waals surface area contributed by atoms with Crippen molar-refractivity contribution in [1.82, 2.24) is 15.2 Å². The Morgan fingerprint density at radius 1 is 1.53 bits per heavy atom. The lowest BCUT2D eigenvalue weighted by Crippen LogP contribution is -2.14. The summed E-state index contributed by atoms with van der Waals surface area (Å²) < 4.78 is 5.87. The maximum absolute atomic E-state index is 12.0. The number of hydrogen-bond donors (Lipinski definition) is 2. The summed E-state index contributed by atoms with van der Waals surface area (Å²) >= 11 is 3.36. The van der Waals surface area contributed by atoms with E-state index >= 15 is 0 Å². The number of rotatable bonds is 4. The van der Waals surface area contributed by atoms with Crippen LogP contribution in [-0.4, -0.2) is 28.2 Å². The largest absolute Gasteiger partial charge is 0.497 e. The number of aromatic amines is 1. The Morgan fingerprint density at radius 2 is 2.32 bits per heavy atom. The monoisotopic (exact) mass is 324 g/mol. The van der Waals surface area contributed by atoms with E-state index in [1.165, 1.54) is 0 Å². The number of anilines is 1. The molecular formula is C12H13BrN4O2. The first kappa shape index (κ1) is 13.5. The standard InChI is InChI=1S/C12H13BrN4O2/c1-3-10-15-11(17-16-10)12(18)14-9-6-7(19-2)4-5-8(9)13/h4-6H,3H2,1-2H3,(H,14,18)(H,15,16,17). The summed E-state index contributed by atoms with van der Waals surface area (Å²) in [4.78, 5) is 16.0. The van der Waals surface area contributed by atoms with Gasteiger partial charge in [-0.2, -0.15) is 0 Å². The number of carbonyl (C=O) groups is 1. The van der Waals surface area contributed by atoms with Gasteiger partial charge in [0.25, 0.3) is 5.91 Å². The van der Waals surface area contributed by atoms with E-state index in [1.54, 1.807) is 25.3 Å². The molecule has 1 aromatic heterocycles. The number of nitrogens with zero attached hydrogens (tertiary/aromatic N) is 2. The van der Waals surface area contributed by atoms with Crippen molar-refractivity contribution in [3.63, 3.8) is 0 Å². The second kappa shape index (κ2) is 5.83. The number of aromatic nitrogens is 3. The van der Waals surface area contributed by atoms with Gasteiger partial charge in [0.1, 0.15) is 11.6 Å². The molecule has 1 aromatic carbocycles. The molecule has 2 rings (SSSR count). The first-order chi connectivity index (χ1) is 9.13. The van der Waals surface area contributed by atoms with Gasteiger partial charge in [0.15, 0.2) is 0 Å². The first-order valence-electron chi connectivity index (χ1n) is 5.70. The molecule has 2 aromatic rings. The van der Waals surface area contributed by atoms with Crippen LogP contribution >= 0.6 is 15.9 Å². The quantitative estimate of drug-likeness (QED) is 0.904. The zero-order valence-electron chi connectivity index (χ0n) is 10.5. The maximum Gasteiger partial charge on any atom is 0.295 e. The van der Waals surface area contributed by atoms with Crippen molar-refractivity contribution in [2.24, 2.45) is 0 Å². The molecule has 0 spiro atoms. The average Bonchev–Trinajstić information content (AvgIpc) is 2.90. The minimum Gasteiger partial charge on any atom is -0.497 e. The third kappa shape index (κ3) is 3.11. The Hall–Kier alpha value is -1.89. The maximum atomic E-state index is 12.0. The summed E-state index contributed by atoms with van der Waals surface area (Å²) in [5, 5.41) is 9.29. The number of halogens is 1. The summed E-state index contributed by atoms with van der Waals surface area (Å²) in [6.45, 7) is 1.93. The molecule has 0 unspecified atom stereocenters. The van der Waals surface area contributed by atoms with E-state index in [9.17, 15) is 4.79 Å². The lowest BCUT2D eigenvalue weighted by molar-refractivity contribution is 0.101. The van der Waals surface area contributed by atoms with Crippen molar-refractivity contribution >= 4 is 27.5 Å². The third-order valence-corrected chi connectivity index (χ3v) is 3.18. The second-order valence-corrected chi connectivity index (χ2v) is 4.61. The second-order valence-electron chi connectivity index (χ2n) is 3.76. The highest BCUT2D eigenvalue weighted by atomic mass is 79.9. The van der Waals surface area contributed by atoms with Gasteiger partial charge in [-0.15, -0.1) is 5.10 Å². The Morgan fingerprint density at radius 3 is 2.95 bits per heavy atom. The van der Waals surface area contributed by atoms with Gasteiger partial charge in [-0.3, -0.25) is 9.89 Å². The Kier molecular flexibility index (Phi) is 4.16. The van der Waals surface area contributed by atoms with Crippen LogP contribution in [0.2, 0.25) is 0 Å². The van der Waals surface area contributed by atoms with E-state index in [1.807, 2.05) is 6.92 Å². The molecule has 0 saturated carbocycles. The van der Waals surface area contributed by atoms with Crippen molar-refractivity contribution in [3.05, 3.63) is 34.3 Å². The summed E-state index contributed by atoms with van der Waals surface area (Å²) in [7, 11) is 1.57. The summed E-state index contributed by atoms with van der Waals surface area (Å²) in [6, 6.07) is 5.31. The average molecular weight is 325 g/mol. The molecule has 0 aliphatic heterocycles. The third-order valence-electron chi connectivity index (χ3n) is 2.49. The zero-order valence-corrected chi connectivity index (χ0v) is 12.1. The van der Waals surface area contributed by atoms with E-state index in [-0.39, 0.29) is 11.7 Å². The van der Waals surface area contributed by atoms with Gasteiger partial charge in [-0.1, -0.05) is 6.92 Å². The number of carbonyl (C=O) groups excluding carboxylic acids is 1. The molecule has 19 heavy (non-hydrogen) atoms. The minimum atomic E-state index is -0.370. The highest BCUT2D eigenvalue weighted by Gasteiger charge is 2.14. The van der Waals surface area contributed by atoms with Crippen LogP contribution < -0.4 is 10.1 Å². The van der Waals surface area contributed by atoms with Gasteiger partial charge in [-0.25, -0.2) is 4.98 Å². The molecule has 7 heteroatoms. The SMILES string of the molecule is CCc1nc(C(=O)Nc2cc(OC)ccc2Br)n[nH]1. The molecule has 100 valence electrons. The van der Waals surface area contributed by atoms with Crippen LogP contribution in [0, 0.1) is 0 Å². The first-order valence-corrected chi connectivity index (χ1v) is 6.49. The predicted molar refractivity (Wildman–Crippen MR) is 74.4 cm³/mol. The fraction of sp³-hybridized carbons (Fsp3) is 0.250. The van der Waals surface area contributed by atoms with E-state index in [2.05, 4.69) is 36.4 Å². The van der Waals surface area contributed by atoms with Crippen molar-refractivity contribution in [2.75, 3.05) is 12.4 Å². The highest BCUT2D eigenvalue weighted by molar-refractivity contribution is 9.10. The molecule has 0 atom stereocenters. The van der Waals surface area contributed by atoms with Gasteiger partial charge >= 0.3 is 0 Å². The lowest BCUT2D eigenvalue weighted by atomic mass is 10.3. The van der Waals surface area contributed by atoms with Gasteiger partial charge in [0.05, 0.1) is 12.8 Å². The number of benzene rings is 1. The molecule has 2 N–H and O–H groups in total. The van der Waals surface area contributed by atoms with Crippen molar-refractivity contribution in [2.45, 2.75) is 13.3 Å². The number of nitrogens with one attached hydrogen (secondary N) is 2. The molecule has 0 radical (unpaired) electrons. The molecule has 0 bridgehead atoms. The minimum absolute atomic E-state index is 0.117. The molecule has 1 amide bonds. The van der Waals surface area contributed by atoms with Crippen LogP contribution in [0.3, 0.4) is 0 Å². The van der Waals surface area contributed by atoms with Crippen molar-refractivity contribution < 1.29 is 9.53 Å². The fourth-order valence-corrected chi connectivity index (χ4v) is 1.81. The fourth-order valence-electron chi connectivity index (χ4n) is 1.46. The Labute approximate surface area is 118 Å². The van der Waals surface area contributed by atoms with E-state index in [4.69, 9.17) is 4.74 Å². The molecule has 1 heterocycles. The number of aryl methyl sites for hydroxylation is 1. The summed E-state index contributed by atoms with van der Waals surface area (Å²) in [5.74, 6) is 1.08. The van der Waals surface area contributed by atoms with Crippen LogP contribution in [0.1, 0.15) is 23.4 Å². The highest BCUT2D eigenvalue weighted by Crippen LogP contribution is 2.27. The molecular weight excluding hydrogens is 312 g/mol. The van der Waals surface area contributed by atoms with Crippen LogP contribution in [0.4, 0.5) is 5.69 Å². The number of H-pyrrole nitrogens is 1. The number of amides is 1. The molecule has 0 saturated heterocycles.